The Morgan fingerprint density at radius 3 is 2.43 bits per heavy atom. The average molecular weight is 521 g/mol. The van der Waals surface area contributed by atoms with E-state index in [4.69, 9.17) is 21.9 Å². The van der Waals surface area contributed by atoms with Crippen molar-refractivity contribution in [2.45, 2.75) is 45.7 Å². The molecule has 0 unspecified atom stereocenters. The number of ether oxygens (including phenoxy) is 1. The number of nitrogens with zero attached hydrogens (tertiary/aromatic N) is 2. The van der Waals surface area contributed by atoms with E-state index in [1.54, 1.807) is 12.1 Å². The van der Waals surface area contributed by atoms with Gasteiger partial charge < -0.3 is 20.3 Å². The molecule has 0 radical (unpaired) electrons. The monoisotopic (exact) mass is 520 g/mol. The molecule has 0 spiro atoms. The van der Waals surface area contributed by atoms with Crippen molar-refractivity contribution < 1.29 is 13.9 Å². The molecule has 6 nitrogen and oxygen atoms in total. The molecule has 1 amide bonds. The van der Waals surface area contributed by atoms with Crippen molar-refractivity contribution in [1.82, 2.24) is 20.5 Å². The van der Waals surface area contributed by atoms with Gasteiger partial charge in [-0.2, -0.15) is 0 Å². The minimum Gasteiger partial charge on any atom is -0.494 e. The van der Waals surface area contributed by atoms with Gasteiger partial charge in [-0.3, -0.25) is 9.78 Å². The molecule has 4 rings (SSSR count). The number of halogens is 1. The quantitative estimate of drug-likeness (QED) is 0.403. The van der Waals surface area contributed by atoms with Crippen molar-refractivity contribution in [2.24, 2.45) is 0 Å². The van der Waals surface area contributed by atoms with Gasteiger partial charge in [-0.25, -0.2) is 4.39 Å². The third kappa shape index (κ3) is 6.83. The molecule has 2 heterocycles. The summed E-state index contributed by atoms with van der Waals surface area (Å²) in [7, 11) is 0. The molecular formula is C29H33FN4O2S. The molecule has 2 aromatic carbocycles. The zero-order valence-corrected chi connectivity index (χ0v) is 22.1. The topological polar surface area (TPSA) is 66.5 Å². The van der Waals surface area contributed by atoms with Gasteiger partial charge in [-0.1, -0.05) is 36.4 Å². The summed E-state index contributed by atoms with van der Waals surface area (Å²) in [5, 5.41) is 6.84. The average Bonchev–Trinajstić information content (AvgIpc) is 2.92. The van der Waals surface area contributed by atoms with Crippen molar-refractivity contribution in [3.63, 3.8) is 0 Å². The fraction of sp³-hybridized carbons (Fsp3) is 0.345. The number of pyridine rings is 1. The van der Waals surface area contributed by atoms with Crippen LogP contribution in [0.15, 0.2) is 60.7 Å². The molecular weight excluding hydrogens is 487 g/mol. The smallest absolute Gasteiger partial charge is 0.253 e. The number of benzene rings is 2. The highest BCUT2D eigenvalue weighted by Gasteiger charge is 2.27. The molecule has 3 aromatic rings. The minimum absolute atomic E-state index is 0.140. The number of hydrogen-bond acceptors (Lipinski definition) is 4. The number of rotatable bonds is 8. The summed E-state index contributed by atoms with van der Waals surface area (Å²) in [6, 6.07) is 18.2. The zero-order valence-electron chi connectivity index (χ0n) is 21.3. The Morgan fingerprint density at radius 2 is 1.70 bits per heavy atom. The van der Waals surface area contributed by atoms with Crippen LogP contribution in [-0.4, -0.2) is 40.6 Å². The molecule has 194 valence electrons. The predicted molar refractivity (Wildman–Crippen MR) is 147 cm³/mol. The lowest BCUT2D eigenvalue weighted by Gasteiger charge is -2.34. The van der Waals surface area contributed by atoms with E-state index in [0.29, 0.717) is 35.9 Å². The molecule has 2 N–H and O–H groups in total. The molecule has 1 fully saturated rings. The number of likely N-dealkylation sites (tertiary alicyclic amines) is 1. The first kappa shape index (κ1) is 26.5. The Bertz CT molecular complexity index is 1240. The van der Waals surface area contributed by atoms with Crippen molar-refractivity contribution in [3.05, 3.63) is 94.6 Å². The summed E-state index contributed by atoms with van der Waals surface area (Å²) in [6.07, 6.45) is 1.65. The number of para-hydroxylation sites is 1. The summed E-state index contributed by atoms with van der Waals surface area (Å²) in [6.45, 7) is 6.66. The Hall–Kier alpha value is -3.52. The standard InChI is InChI=1S/C29H33FN4O2S/c1-3-36-26-11-7-5-9-23(26)19-31-28(35)24-13-12-20(2)33-27(24)21-14-16-34(17-15-21)29(37)32-18-22-8-4-6-10-25(22)30/h4-13,21H,3,14-19H2,1-2H3,(H,31,35)(H,32,37). The van der Waals surface area contributed by atoms with E-state index >= 15 is 0 Å². The number of piperidine rings is 1. The summed E-state index contributed by atoms with van der Waals surface area (Å²) in [5.74, 6) is 0.550. The summed E-state index contributed by atoms with van der Waals surface area (Å²) in [5.41, 5.74) is 3.85. The van der Waals surface area contributed by atoms with Crippen LogP contribution in [0.3, 0.4) is 0 Å². The van der Waals surface area contributed by atoms with Gasteiger partial charge in [-0.05, 0) is 63.2 Å². The number of aromatic nitrogens is 1. The molecule has 1 aromatic heterocycles. The van der Waals surface area contributed by atoms with Gasteiger partial charge in [0, 0.05) is 48.9 Å². The minimum atomic E-state index is -0.241. The molecule has 8 heteroatoms. The first-order valence-electron chi connectivity index (χ1n) is 12.7. The van der Waals surface area contributed by atoms with Crippen LogP contribution < -0.4 is 15.4 Å². The lowest BCUT2D eigenvalue weighted by Crippen LogP contribution is -2.44. The molecule has 0 saturated carbocycles. The zero-order chi connectivity index (χ0) is 26.2. The maximum atomic E-state index is 13.9. The molecule has 0 aliphatic carbocycles. The van der Waals surface area contributed by atoms with E-state index in [0.717, 1.165) is 48.6 Å². The van der Waals surface area contributed by atoms with Gasteiger partial charge in [0.1, 0.15) is 11.6 Å². The van der Waals surface area contributed by atoms with Crippen LogP contribution in [-0.2, 0) is 13.1 Å². The maximum Gasteiger partial charge on any atom is 0.253 e. The van der Waals surface area contributed by atoms with E-state index in [9.17, 15) is 9.18 Å². The second-order valence-electron chi connectivity index (χ2n) is 9.12. The van der Waals surface area contributed by atoms with Crippen molar-refractivity contribution in [2.75, 3.05) is 19.7 Å². The molecule has 0 atom stereocenters. The van der Waals surface area contributed by atoms with Crippen molar-refractivity contribution in [1.29, 1.82) is 0 Å². The number of amides is 1. The second-order valence-corrected chi connectivity index (χ2v) is 9.51. The third-order valence-electron chi connectivity index (χ3n) is 6.58. The molecule has 0 bridgehead atoms. The van der Waals surface area contributed by atoms with E-state index in [1.165, 1.54) is 6.07 Å². The fourth-order valence-corrected chi connectivity index (χ4v) is 4.83. The first-order chi connectivity index (χ1) is 18.0. The highest BCUT2D eigenvalue weighted by molar-refractivity contribution is 7.80. The van der Waals surface area contributed by atoms with Crippen LogP contribution in [0.25, 0.3) is 0 Å². The summed E-state index contributed by atoms with van der Waals surface area (Å²) in [4.78, 5) is 20.1. The Morgan fingerprint density at radius 1 is 1.03 bits per heavy atom. The van der Waals surface area contributed by atoms with Crippen LogP contribution >= 0.6 is 12.2 Å². The number of hydrogen-bond donors (Lipinski definition) is 2. The number of nitrogens with one attached hydrogen (secondary N) is 2. The second kappa shape index (κ2) is 12.6. The maximum absolute atomic E-state index is 13.9. The molecule has 1 aliphatic heterocycles. The highest BCUT2D eigenvalue weighted by atomic mass is 32.1. The van der Waals surface area contributed by atoms with Gasteiger partial charge in [0.05, 0.1) is 17.9 Å². The molecule has 1 saturated heterocycles. The predicted octanol–water partition coefficient (Wildman–Crippen LogP) is 5.11. The molecule has 37 heavy (non-hydrogen) atoms. The SMILES string of the molecule is CCOc1ccccc1CNC(=O)c1ccc(C)nc1C1CCN(C(=S)NCc2ccccc2F)CC1. The Balaban J connectivity index is 1.37. The summed E-state index contributed by atoms with van der Waals surface area (Å²) >= 11 is 5.57. The highest BCUT2D eigenvalue weighted by Crippen LogP contribution is 2.30. The lowest BCUT2D eigenvalue weighted by molar-refractivity contribution is 0.0948. The van der Waals surface area contributed by atoms with E-state index in [2.05, 4.69) is 15.5 Å². The summed E-state index contributed by atoms with van der Waals surface area (Å²) < 4.78 is 19.6. The van der Waals surface area contributed by atoms with Crippen LogP contribution in [0, 0.1) is 12.7 Å². The normalized spacial score (nSPS) is 13.8. The van der Waals surface area contributed by atoms with Crippen molar-refractivity contribution >= 4 is 23.2 Å². The number of thiocarbonyl (C=S) groups is 1. The fourth-order valence-electron chi connectivity index (χ4n) is 4.58. The van der Waals surface area contributed by atoms with Gasteiger partial charge >= 0.3 is 0 Å². The lowest BCUT2D eigenvalue weighted by atomic mass is 9.90. The van der Waals surface area contributed by atoms with Crippen LogP contribution in [0.2, 0.25) is 0 Å². The van der Waals surface area contributed by atoms with Gasteiger partial charge in [-0.15, -0.1) is 0 Å². The Labute approximate surface area is 223 Å². The third-order valence-corrected chi connectivity index (χ3v) is 6.98. The van der Waals surface area contributed by atoms with Crippen LogP contribution in [0.4, 0.5) is 4.39 Å². The first-order valence-corrected chi connectivity index (χ1v) is 13.1. The number of carbonyl (C=O) groups is 1. The number of carbonyl (C=O) groups excluding carboxylic acids is 1. The van der Waals surface area contributed by atoms with E-state index in [-0.39, 0.29) is 17.6 Å². The van der Waals surface area contributed by atoms with Crippen LogP contribution in [0.1, 0.15) is 58.6 Å². The van der Waals surface area contributed by atoms with Gasteiger partial charge in [0.25, 0.3) is 5.91 Å². The largest absolute Gasteiger partial charge is 0.494 e. The Kier molecular flexibility index (Phi) is 9.06. The van der Waals surface area contributed by atoms with Gasteiger partial charge in [0.15, 0.2) is 5.11 Å². The van der Waals surface area contributed by atoms with Crippen LogP contribution in [0.5, 0.6) is 5.75 Å². The van der Waals surface area contributed by atoms with Gasteiger partial charge in [0.2, 0.25) is 0 Å². The van der Waals surface area contributed by atoms with E-state index < -0.39 is 0 Å². The number of aryl methyl sites for hydroxylation is 1. The molecule has 1 aliphatic rings. The van der Waals surface area contributed by atoms with Crippen molar-refractivity contribution in [3.8, 4) is 5.75 Å². The van der Waals surface area contributed by atoms with E-state index in [1.807, 2.05) is 56.3 Å².